The lowest BCUT2D eigenvalue weighted by Crippen LogP contribution is -2.26. The summed E-state index contributed by atoms with van der Waals surface area (Å²) in [5.74, 6) is 0.877. The molecule has 0 bridgehead atoms. The molecule has 0 aromatic rings. The summed E-state index contributed by atoms with van der Waals surface area (Å²) in [6.45, 7) is 3.56. The standard InChI is InChI=1S/C8H15N2/c1-2-8(10-4-1)7-3-5-9-6-7/h7-9H,1-6H2. The van der Waals surface area contributed by atoms with E-state index in [0.29, 0.717) is 0 Å². The van der Waals surface area contributed by atoms with Gasteiger partial charge >= 0.3 is 0 Å². The van der Waals surface area contributed by atoms with Crippen LogP contribution in [-0.4, -0.2) is 25.7 Å². The Morgan fingerprint density at radius 2 is 2.30 bits per heavy atom. The molecule has 2 atom stereocenters. The molecule has 10 heavy (non-hydrogen) atoms. The predicted octanol–water partition coefficient (Wildman–Crippen LogP) is 0.363. The van der Waals surface area contributed by atoms with E-state index in [2.05, 4.69) is 10.6 Å². The fraction of sp³-hybridized carbons (Fsp3) is 1.00. The van der Waals surface area contributed by atoms with Crippen molar-refractivity contribution in [2.75, 3.05) is 19.6 Å². The lowest BCUT2D eigenvalue weighted by atomic mass is 9.98. The van der Waals surface area contributed by atoms with Crippen LogP contribution in [0.5, 0.6) is 0 Å². The van der Waals surface area contributed by atoms with Gasteiger partial charge in [-0.2, -0.15) is 0 Å². The van der Waals surface area contributed by atoms with Gasteiger partial charge in [-0.25, -0.2) is 5.32 Å². The summed E-state index contributed by atoms with van der Waals surface area (Å²) in [5.41, 5.74) is 0. The normalized spacial score (nSPS) is 40.8. The van der Waals surface area contributed by atoms with E-state index in [1.165, 1.54) is 32.4 Å². The lowest BCUT2D eigenvalue weighted by molar-refractivity contribution is 0.414. The van der Waals surface area contributed by atoms with Crippen LogP contribution in [0.25, 0.3) is 0 Å². The molecule has 0 aromatic heterocycles. The second-order valence-corrected chi connectivity index (χ2v) is 3.37. The highest BCUT2D eigenvalue weighted by Gasteiger charge is 2.27. The van der Waals surface area contributed by atoms with Crippen LogP contribution >= 0.6 is 0 Å². The third-order valence-corrected chi connectivity index (χ3v) is 2.66. The molecule has 0 aliphatic carbocycles. The number of hydrogen-bond donors (Lipinski definition) is 1. The SMILES string of the molecule is C1C[N]C(C2CCNC2)C1. The molecule has 0 aromatic carbocycles. The summed E-state index contributed by atoms with van der Waals surface area (Å²) >= 11 is 0. The lowest BCUT2D eigenvalue weighted by Gasteiger charge is -2.14. The molecular weight excluding hydrogens is 124 g/mol. The Kier molecular flexibility index (Phi) is 1.91. The van der Waals surface area contributed by atoms with E-state index >= 15 is 0 Å². The molecule has 0 amide bonds. The molecule has 0 saturated carbocycles. The van der Waals surface area contributed by atoms with Crippen molar-refractivity contribution in [3.63, 3.8) is 0 Å². The van der Waals surface area contributed by atoms with Crippen molar-refractivity contribution in [3.05, 3.63) is 0 Å². The van der Waals surface area contributed by atoms with Crippen molar-refractivity contribution in [1.82, 2.24) is 10.6 Å². The predicted molar refractivity (Wildman–Crippen MR) is 41.0 cm³/mol. The van der Waals surface area contributed by atoms with Crippen LogP contribution in [0.15, 0.2) is 0 Å². The second kappa shape index (κ2) is 2.89. The zero-order valence-electron chi connectivity index (χ0n) is 6.34. The maximum absolute atomic E-state index is 4.58. The number of rotatable bonds is 1. The van der Waals surface area contributed by atoms with Gasteiger partial charge in [-0.3, -0.25) is 0 Å². The average Bonchev–Trinajstić information content (AvgIpc) is 2.59. The van der Waals surface area contributed by atoms with Crippen LogP contribution in [0.4, 0.5) is 0 Å². The Bertz CT molecular complexity index is 87.8. The third-order valence-electron chi connectivity index (χ3n) is 2.66. The Morgan fingerprint density at radius 3 is 2.90 bits per heavy atom. The fourth-order valence-corrected chi connectivity index (χ4v) is 2.04. The van der Waals surface area contributed by atoms with Crippen LogP contribution in [0.1, 0.15) is 19.3 Å². The summed E-state index contributed by atoms with van der Waals surface area (Å²) in [4.78, 5) is 0. The van der Waals surface area contributed by atoms with Crippen LogP contribution in [0, 0.1) is 5.92 Å². The van der Waals surface area contributed by atoms with Crippen molar-refractivity contribution < 1.29 is 0 Å². The van der Waals surface area contributed by atoms with Crippen molar-refractivity contribution in [2.24, 2.45) is 5.92 Å². The van der Waals surface area contributed by atoms with Crippen molar-refractivity contribution in [3.8, 4) is 0 Å². The van der Waals surface area contributed by atoms with Gasteiger partial charge in [0.25, 0.3) is 0 Å². The molecule has 2 heterocycles. The van der Waals surface area contributed by atoms with E-state index in [9.17, 15) is 0 Å². The van der Waals surface area contributed by atoms with Crippen LogP contribution < -0.4 is 10.6 Å². The van der Waals surface area contributed by atoms with Gasteiger partial charge in [0.15, 0.2) is 0 Å². The van der Waals surface area contributed by atoms with Gasteiger partial charge in [0.05, 0.1) is 0 Å². The maximum atomic E-state index is 4.58. The molecular formula is C8H15N2. The molecule has 1 N–H and O–H groups in total. The molecule has 1 radical (unpaired) electrons. The first kappa shape index (κ1) is 6.62. The van der Waals surface area contributed by atoms with Crippen LogP contribution in [0.2, 0.25) is 0 Å². The Labute approximate surface area is 62.4 Å². The molecule has 2 heteroatoms. The molecule has 2 saturated heterocycles. The fourth-order valence-electron chi connectivity index (χ4n) is 2.04. The quantitative estimate of drug-likeness (QED) is 0.558. The minimum Gasteiger partial charge on any atom is -0.316 e. The van der Waals surface area contributed by atoms with Gasteiger partial charge in [0.1, 0.15) is 0 Å². The van der Waals surface area contributed by atoms with Crippen molar-refractivity contribution >= 4 is 0 Å². The summed E-state index contributed by atoms with van der Waals surface area (Å²) < 4.78 is 0. The molecule has 57 valence electrons. The topological polar surface area (TPSA) is 26.1 Å². The Balaban J connectivity index is 1.85. The first-order valence-corrected chi connectivity index (χ1v) is 4.34. The van der Waals surface area contributed by atoms with Crippen molar-refractivity contribution in [1.29, 1.82) is 0 Å². The Morgan fingerprint density at radius 1 is 1.30 bits per heavy atom. The number of nitrogens with one attached hydrogen (secondary N) is 1. The van der Waals surface area contributed by atoms with Crippen molar-refractivity contribution in [2.45, 2.75) is 25.3 Å². The monoisotopic (exact) mass is 139 g/mol. The van der Waals surface area contributed by atoms with E-state index in [0.717, 1.165) is 18.5 Å². The minimum atomic E-state index is 0.718. The highest BCUT2D eigenvalue weighted by Crippen LogP contribution is 2.20. The van der Waals surface area contributed by atoms with E-state index in [1.807, 2.05) is 0 Å². The van der Waals surface area contributed by atoms with Gasteiger partial charge in [-0.15, -0.1) is 0 Å². The number of hydrogen-bond acceptors (Lipinski definition) is 1. The minimum absolute atomic E-state index is 0.718. The zero-order chi connectivity index (χ0) is 6.81. The van der Waals surface area contributed by atoms with E-state index in [-0.39, 0.29) is 0 Å². The smallest absolute Gasteiger partial charge is 0.0287 e. The van der Waals surface area contributed by atoms with Gasteiger partial charge in [-0.05, 0) is 38.3 Å². The van der Waals surface area contributed by atoms with Gasteiger partial charge < -0.3 is 5.32 Å². The van der Waals surface area contributed by atoms with E-state index < -0.39 is 0 Å². The maximum Gasteiger partial charge on any atom is 0.0287 e. The zero-order valence-corrected chi connectivity index (χ0v) is 6.34. The molecule has 2 fully saturated rings. The van der Waals surface area contributed by atoms with E-state index in [4.69, 9.17) is 0 Å². The first-order valence-electron chi connectivity index (χ1n) is 4.34. The summed E-state index contributed by atoms with van der Waals surface area (Å²) in [6.07, 6.45) is 4.04. The molecule has 2 rings (SSSR count). The molecule has 2 aliphatic heterocycles. The summed E-state index contributed by atoms with van der Waals surface area (Å²) in [7, 11) is 0. The van der Waals surface area contributed by atoms with Gasteiger partial charge in [-0.1, -0.05) is 0 Å². The Hall–Kier alpha value is -0.0800. The third kappa shape index (κ3) is 1.18. The average molecular weight is 139 g/mol. The highest BCUT2D eigenvalue weighted by atomic mass is 15.0. The van der Waals surface area contributed by atoms with Crippen LogP contribution in [-0.2, 0) is 0 Å². The van der Waals surface area contributed by atoms with Gasteiger partial charge in [0, 0.05) is 12.6 Å². The largest absolute Gasteiger partial charge is 0.316 e. The summed E-state index contributed by atoms with van der Waals surface area (Å²) in [5, 5.41) is 7.97. The van der Waals surface area contributed by atoms with Gasteiger partial charge in [0.2, 0.25) is 0 Å². The second-order valence-electron chi connectivity index (χ2n) is 3.37. The molecule has 0 spiro atoms. The first-order chi connectivity index (χ1) is 4.97. The highest BCUT2D eigenvalue weighted by molar-refractivity contribution is 4.85. The summed E-state index contributed by atoms with van der Waals surface area (Å²) in [6, 6.07) is 0.718. The van der Waals surface area contributed by atoms with E-state index in [1.54, 1.807) is 0 Å². The molecule has 2 nitrogen and oxygen atoms in total. The van der Waals surface area contributed by atoms with Crippen LogP contribution in [0.3, 0.4) is 0 Å². The molecule has 2 unspecified atom stereocenters. The number of nitrogens with zero attached hydrogens (tertiary/aromatic N) is 1. The molecule has 2 aliphatic rings.